The summed E-state index contributed by atoms with van der Waals surface area (Å²) in [7, 11) is 1.69. The second kappa shape index (κ2) is 7.63. The van der Waals surface area contributed by atoms with E-state index in [0.717, 1.165) is 25.3 Å². The van der Waals surface area contributed by atoms with Crippen LogP contribution < -0.4 is 10.1 Å². The molecule has 4 nitrogen and oxygen atoms in total. The van der Waals surface area contributed by atoms with Gasteiger partial charge in [0.05, 0.1) is 7.11 Å². The summed E-state index contributed by atoms with van der Waals surface area (Å²) in [6.07, 6.45) is 1.63. The Labute approximate surface area is 133 Å². The Bertz CT molecular complexity index is 484. The molecule has 0 radical (unpaired) electrons. The van der Waals surface area contributed by atoms with Crippen molar-refractivity contribution >= 4 is 5.91 Å². The number of carbonyl (C=O) groups is 1. The third kappa shape index (κ3) is 4.01. The topological polar surface area (TPSA) is 41.6 Å². The van der Waals surface area contributed by atoms with E-state index in [4.69, 9.17) is 4.74 Å². The SMILES string of the molecule is CCC(=O)N1CCC(NC(c2ccc(OC)cc2)C(C)C)C1. The molecule has 1 aliphatic heterocycles. The molecule has 2 rings (SSSR count). The molecule has 1 saturated heterocycles. The predicted octanol–water partition coefficient (Wildman–Crippen LogP) is 2.99. The zero-order valence-corrected chi connectivity index (χ0v) is 14.1. The summed E-state index contributed by atoms with van der Waals surface area (Å²) in [6.45, 7) is 8.08. The summed E-state index contributed by atoms with van der Waals surface area (Å²) in [4.78, 5) is 13.8. The Morgan fingerprint density at radius 1 is 1.36 bits per heavy atom. The minimum atomic E-state index is 0.259. The molecule has 1 N–H and O–H groups in total. The summed E-state index contributed by atoms with van der Waals surface area (Å²) in [6, 6.07) is 8.94. The van der Waals surface area contributed by atoms with Crippen LogP contribution in [-0.4, -0.2) is 37.0 Å². The Kier molecular flexibility index (Phi) is 5.83. The highest BCUT2D eigenvalue weighted by Crippen LogP contribution is 2.26. The van der Waals surface area contributed by atoms with Crippen LogP contribution in [0.2, 0.25) is 0 Å². The lowest BCUT2D eigenvalue weighted by atomic mass is 9.95. The summed E-state index contributed by atoms with van der Waals surface area (Å²) in [5.41, 5.74) is 1.27. The zero-order valence-electron chi connectivity index (χ0n) is 14.1. The molecule has 0 saturated carbocycles. The fourth-order valence-corrected chi connectivity index (χ4v) is 3.09. The highest BCUT2D eigenvalue weighted by atomic mass is 16.5. The molecule has 1 aliphatic rings. The minimum Gasteiger partial charge on any atom is -0.497 e. The number of methoxy groups -OCH3 is 1. The van der Waals surface area contributed by atoms with Crippen molar-refractivity contribution in [3.63, 3.8) is 0 Å². The summed E-state index contributed by atoms with van der Waals surface area (Å²) < 4.78 is 5.23. The van der Waals surface area contributed by atoms with Crippen LogP contribution in [0, 0.1) is 5.92 Å². The molecule has 0 spiro atoms. The molecule has 122 valence electrons. The third-order valence-corrected chi connectivity index (χ3v) is 4.40. The van der Waals surface area contributed by atoms with Crippen LogP contribution in [0.5, 0.6) is 5.75 Å². The number of rotatable bonds is 6. The second-order valence-electron chi connectivity index (χ2n) is 6.34. The molecule has 0 aliphatic carbocycles. The van der Waals surface area contributed by atoms with Crippen LogP contribution >= 0.6 is 0 Å². The molecule has 22 heavy (non-hydrogen) atoms. The Hall–Kier alpha value is -1.55. The van der Waals surface area contributed by atoms with E-state index >= 15 is 0 Å². The van der Waals surface area contributed by atoms with Crippen LogP contribution in [0.4, 0.5) is 0 Å². The summed E-state index contributed by atoms with van der Waals surface area (Å²) in [5.74, 6) is 1.63. The Morgan fingerprint density at radius 2 is 2.05 bits per heavy atom. The van der Waals surface area contributed by atoms with E-state index in [-0.39, 0.29) is 5.91 Å². The average molecular weight is 304 g/mol. The standard InChI is InChI=1S/C18H28N2O2/c1-5-17(21)20-11-10-15(12-20)19-18(13(2)3)14-6-8-16(22-4)9-7-14/h6-9,13,15,18-19H,5,10-12H2,1-4H3. The van der Waals surface area contributed by atoms with E-state index in [1.165, 1.54) is 5.56 Å². The van der Waals surface area contributed by atoms with Gasteiger partial charge >= 0.3 is 0 Å². The first-order valence-corrected chi connectivity index (χ1v) is 8.23. The maximum absolute atomic E-state index is 11.8. The van der Waals surface area contributed by atoms with Gasteiger partial charge in [-0.1, -0.05) is 32.9 Å². The number of benzene rings is 1. The van der Waals surface area contributed by atoms with E-state index in [2.05, 4.69) is 31.3 Å². The van der Waals surface area contributed by atoms with Gasteiger partial charge in [-0.05, 0) is 30.0 Å². The predicted molar refractivity (Wildman–Crippen MR) is 89.0 cm³/mol. The van der Waals surface area contributed by atoms with Crippen LogP contribution in [0.15, 0.2) is 24.3 Å². The Balaban J connectivity index is 2.02. The van der Waals surface area contributed by atoms with Crippen molar-refractivity contribution in [2.75, 3.05) is 20.2 Å². The van der Waals surface area contributed by atoms with Gasteiger partial charge < -0.3 is 15.0 Å². The van der Waals surface area contributed by atoms with Gasteiger partial charge in [0.25, 0.3) is 0 Å². The summed E-state index contributed by atoms with van der Waals surface area (Å²) in [5, 5.41) is 3.74. The van der Waals surface area contributed by atoms with Crippen molar-refractivity contribution in [2.45, 2.75) is 45.7 Å². The van der Waals surface area contributed by atoms with Gasteiger partial charge in [-0.15, -0.1) is 0 Å². The first kappa shape index (κ1) is 16.8. The molecule has 1 aromatic carbocycles. The van der Waals surface area contributed by atoms with Gasteiger partial charge in [0.2, 0.25) is 5.91 Å². The fraction of sp³-hybridized carbons (Fsp3) is 0.611. The minimum absolute atomic E-state index is 0.259. The van der Waals surface area contributed by atoms with Crippen molar-refractivity contribution in [3.8, 4) is 5.75 Å². The van der Waals surface area contributed by atoms with E-state index in [1.54, 1.807) is 7.11 Å². The molecule has 1 fully saturated rings. The van der Waals surface area contributed by atoms with Gasteiger partial charge in [-0.2, -0.15) is 0 Å². The van der Waals surface area contributed by atoms with E-state index < -0.39 is 0 Å². The van der Waals surface area contributed by atoms with E-state index in [0.29, 0.717) is 24.4 Å². The van der Waals surface area contributed by atoms with Crippen molar-refractivity contribution in [1.29, 1.82) is 0 Å². The van der Waals surface area contributed by atoms with Gasteiger partial charge in [0.1, 0.15) is 5.75 Å². The van der Waals surface area contributed by atoms with Gasteiger partial charge in [-0.3, -0.25) is 4.79 Å². The highest BCUT2D eigenvalue weighted by molar-refractivity contribution is 5.76. The quantitative estimate of drug-likeness (QED) is 0.878. The average Bonchev–Trinajstić information content (AvgIpc) is 3.00. The number of hydrogen-bond donors (Lipinski definition) is 1. The molecule has 1 aromatic rings. The molecule has 4 heteroatoms. The smallest absolute Gasteiger partial charge is 0.222 e. The van der Waals surface area contributed by atoms with Crippen molar-refractivity contribution in [2.24, 2.45) is 5.92 Å². The van der Waals surface area contributed by atoms with Crippen LogP contribution in [0.3, 0.4) is 0 Å². The molecular formula is C18H28N2O2. The summed E-state index contributed by atoms with van der Waals surface area (Å²) >= 11 is 0. The first-order chi connectivity index (χ1) is 10.5. The number of ether oxygens (including phenoxy) is 1. The molecule has 2 unspecified atom stereocenters. The molecule has 1 heterocycles. The lowest BCUT2D eigenvalue weighted by molar-refractivity contribution is -0.129. The lowest BCUT2D eigenvalue weighted by Crippen LogP contribution is -2.38. The number of nitrogens with zero attached hydrogens (tertiary/aromatic N) is 1. The van der Waals surface area contributed by atoms with Crippen LogP contribution in [0.1, 0.15) is 45.2 Å². The number of amides is 1. The highest BCUT2D eigenvalue weighted by Gasteiger charge is 2.28. The molecule has 2 atom stereocenters. The molecule has 0 bridgehead atoms. The van der Waals surface area contributed by atoms with E-state index in [1.807, 2.05) is 24.0 Å². The number of likely N-dealkylation sites (tertiary alicyclic amines) is 1. The second-order valence-corrected chi connectivity index (χ2v) is 6.34. The normalized spacial score (nSPS) is 19.5. The Morgan fingerprint density at radius 3 is 2.59 bits per heavy atom. The largest absolute Gasteiger partial charge is 0.497 e. The zero-order chi connectivity index (χ0) is 16.1. The maximum Gasteiger partial charge on any atom is 0.222 e. The van der Waals surface area contributed by atoms with Crippen LogP contribution in [0.25, 0.3) is 0 Å². The fourth-order valence-electron chi connectivity index (χ4n) is 3.09. The van der Waals surface area contributed by atoms with E-state index in [9.17, 15) is 4.79 Å². The van der Waals surface area contributed by atoms with Crippen molar-refractivity contribution < 1.29 is 9.53 Å². The van der Waals surface area contributed by atoms with Gasteiger partial charge in [0.15, 0.2) is 0 Å². The first-order valence-electron chi connectivity index (χ1n) is 8.23. The van der Waals surface area contributed by atoms with Gasteiger partial charge in [0, 0.05) is 31.6 Å². The van der Waals surface area contributed by atoms with Crippen LogP contribution in [-0.2, 0) is 4.79 Å². The van der Waals surface area contributed by atoms with Gasteiger partial charge in [-0.25, -0.2) is 0 Å². The molecule has 0 aromatic heterocycles. The molecular weight excluding hydrogens is 276 g/mol. The van der Waals surface area contributed by atoms with Crippen molar-refractivity contribution in [1.82, 2.24) is 10.2 Å². The van der Waals surface area contributed by atoms with Crippen molar-refractivity contribution in [3.05, 3.63) is 29.8 Å². The third-order valence-electron chi connectivity index (χ3n) is 4.40. The molecule has 1 amide bonds. The number of nitrogens with one attached hydrogen (secondary N) is 1. The number of carbonyl (C=O) groups excluding carboxylic acids is 1. The lowest BCUT2D eigenvalue weighted by Gasteiger charge is -2.27. The maximum atomic E-state index is 11.8. The monoisotopic (exact) mass is 304 g/mol. The number of hydrogen-bond acceptors (Lipinski definition) is 3.